The van der Waals surface area contributed by atoms with Crippen molar-refractivity contribution < 1.29 is 14.3 Å². The summed E-state index contributed by atoms with van der Waals surface area (Å²) >= 11 is 0. The molecule has 0 bridgehead atoms. The van der Waals surface area contributed by atoms with Crippen molar-refractivity contribution in [2.45, 2.75) is 32.7 Å². The molecule has 1 aliphatic rings. The highest BCUT2D eigenvalue weighted by Gasteiger charge is 2.18. The minimum Gasteiger partial charge on any atom is -0.475 e. The standard InChI is InChI=1S/C19H31N5O3/c1-3-20-19(22-10-6-12-24-11-5-8-17(24)25)23-15-16-7-4-9-21-18(16)27-14-13-26-2/h4,7,9H,3,5-6,8,10-15H2,1-2H3,(H2,20,22,23). The normalized spacial score (nSPS) is 14.5. The molecule has 1 amide bonds. The van der Waals surface area contributed by atoms with Crippen LogP contribution in [0.4, 0.5) is 0 Å². The second-order valence-corrected chi connectivity index (χ2v) is 6.27. The first kappa shape index (κ1) is 21.0. The Hall–Kier alpha value is -2.35. The number of hydrogen-bond acceptors (Lipinski definition) is 5. The molecule has 1 fully saturated rings. The quantitative estimate of drug-likeness (QED) is 0.342. The van der Waals surface area contributed by atoms with E-state index in [0.717, 1.165) is 50.5 Å². The van der Waals surface area contributed by atoms with Gasteiger partial charge >= 0.3 is 0 Å². The van der Waals surface area contributed by atoms with Crippen LogP contribution in [-0.4, -0.2) is 68.3 Å². The summed E-state index contributed by atoms with van der Waals surface area (Å²) in [6.45, 7) is 6.70. The van der Waals surface area contributed by atoms with Crippen LogP contribution in [0.15, 0.2) is 23.3 Å². The van der Waals surface area contributed by atoms with Crippen molar-refractivity contribution in [2.24, 2.45) is 4.99 Å². The molecule has 150 valence electrons. The van der Waals surface area contributed by atoms with Gasteiger partial charge in [0, 0.05) is 51.5 Å². The molecule has 0 saturated carbocycles. The smallest absolute Gasteiger partial charge is 0.222 e. The van der Waals surface area contributed by atoms with Crippen molar-refractivity contribution in [3.05, 3.63) is 23.9 Å². The molecule has 0 radical (unpaired) electrons. The summed E-state index contributed by atoms with van der Waals surface area (Å²) in [5.74, 6) is 1.60. The van der Waals surface area contributed by atoms with E-state index in [4.69, 9.17) is 9.47 Å². The molecule has 0 unspecified atom stereocenters. The van der Waals surface area contributed by atoms with Crippen LogP contribution in [-0.2, 0) is 16.1 Å². The number of nitrogens with zero attached hydrogens (tertiary/aromatic N) is 3. The zero-order valence-electron chi connectivity index (χ0n) is 16.4. The maximum absolute atomic E-state index is 11.6. The molecule has 2 N–H and O–H groups in total. The molecule has 1 aromatic rings. The number of aromatic nitrogens is 1. The number of likely N-dealkylation sites (tertiary alicyclic amines) is 1. The highest BCUT2D eigenvalue weighted by Crippen LogP contribution is 2.15. The highest BCUT2D eigenvalue weighted by atomic mass is 16.5. The molecular weight excluding hydrogens is 346 g/mol. The molecule has 27 heavy (non-hydrogen) atoms. The molecule has 2 rings (SSSR count). The van der Waals surface area contributed by atoms with Gasteiger partial charge in [0.2, 0.25) is 11.8 Å². The number of nitrogens with one attached hydrogen (secondary N) is 2. The van der Waals surface area contributed by atoms with Crippen molar-refractivity contribution in [3.8, 4) is 5.88 Å². The lowest BCUT2D eigenvalue weighted by molar-refractivity contribution is -0.127. The van der Waals surface area contributed by atoms with Crippen molar-refractivity contribution in [1.82, 2.24) is 20.5 Å². The van der Waals surface area contributed by atoms with Crippen LogP contribution in [0.25, 0.3) is 0 Å². The number of rotatable bonds is 11. The first-order valence-electron chi connectivity index (χ1n) is 9.60. The van der Waals surface area contributed by atoms with Gasteiger partial charge in [-0.1, -0.05) is 6.07 Å². The first-order chi connectivity index (χ1) is 13.2. The average Bonchev–Trinajstić information content (AvgIpc) is 3.09. The lowest BCUT2D eigenvalue weighted by Crippen LogP contribution is -2.39. The summed E-state index contributed by atoms with van der Waals surface area (Å²) in [6.07, 6.45) is 4.28. The van der Waals surface area contributed by atoms with Crippen LogP contribution in [0.5, 0.6) is 5.88 Å². The topological polar surface area (TPSA) is 88.1 Å². The van der Waals surface area contributed by atoms with E-state index in [9.17, 15) is 4.79 Å². The van der Waals surface area contributed by atoms with Crippen LogP contribution in [0, 0.1) is 0 Å². The number of hydrogen-bond donors (Lipinski definition) is 2. The van der Waals surface area contributed by atoms with Crippen LogP contribution in [0.3, 0.4) is 0 Å². The van der Waals surface area contributed by atoms with Crippen molar-refractivity contribution in [2.75, 3.05) is 46.5 Å². The molecular formula is C19H31N5O3. The van der Waals surface area contributed by atoms with Crippen molar-refractivity contribution in [3.63, 3.8) is 0 Å². The van der Waals surface area contributed by atoms with E-state index in [0.29, 0.717) is 32.1 Å². The van der Waals surface area contributed by atoms with Crippen LogP contribution >= 0.6 is 0 Å². The van der Waals surface area contributed by atoms with E-state index in [1.807, 2.05) is 24.0 Å². The Balaban J connectivity index is 1.82. The number of aliphatic imine (C=N–C) groups is 1. The van der Waals surface area contributed by atoms with Gasteiger partial charge in [-0.15, -0.1) is 0 Å². The number of ether oxygens (including phenoxy) is 2. The van der Waals surface area contributed by atoms with Gasteiger partial charge in [-0.05, 0) is 25.8 Å². The van der Waals surface area contributed by atoms with Crippen LogP contribution in [0.2, 0.25) is 0 Å². The SMILES string of the molecule is CCNC(=NCc1cccnc1OCCOC)NCCCN1CCCC1=O. The number of carbonyl (C=O) groups is 1. The predicted octanol–water partition coefficient (Wildman–Crippen LogP) is 1.17. The van der Waals surface area contributed by atoms with E-state index >= 15 is 0 Å². The fraction of sp³-hybridized carbons (Fsp3) is 0.632. The van der Waals surface area contributed by atoms with E-state index in [2.05, 4.69) is 20.6 Å². The second kappa shape index (κ2) is 12.1. The maximum Gasteiger partial charge on any atom is 0.222 e. The van der Waals surface area contributed by atoms with E-state index in [1.165, 1.54) is 0 Å². The lowest BCUT2D eigenvalue weighted by Gasteiger charge is -2.16. The first-order valence-corrected chi connectivity index (χ1v) is 9.60. The zero-order chi connectivity index (χ0) is 19.3. The summed E-state index contributed by atoms with van der Waals surface area (Å²) in [5.41, 5.74) is 0.925. The summed E-state index contributed by atoms with van der Waals surface area (Å²) in [5, 5.41) is 6.56. The Morgan fingerprint density at radius 3 is 3.00 bits per heavy atom. The van der Waals surface area contributed by atoms with Gasteiger partial charge in [0.15, 0.2) is 5.96 Å². The van der Waals surface area contributed by atoms with Gasteiger partial charge in [0.25, 0.3) is 0 Å². The van der Waals surface area contributed by atoms with Gasteiger partial charge in [-0.2, -0.15) is 0 Å². The molecule has 1 saturated heterocycles. The minimum atomic E-state index is 0.271. The molecule has 0 spiro atoms. The van der Waals surface area contributed by atoms with Gasteiger partial charge in [-0.3, -0.25) is 4.79 Å². The second-order valence-electron chi connectivity index (χ2n) is 6.27. The van der Waals surface area contributed by atoms with Crippen molar-refractivity contribution in [1.29, 1.82) is 0 Å². The van der Waals surface area contributed by atoms with Crippen molar-refractivity contribution >= 4 is 11.9 Å². The Morgan fingerprint density at radius 2 is 2.26 bits per heavy atom. The third-order valence-corrected chi connectivity index (χ3v) is 4.20. The predicted molar refractivity (Wildman–Crippen MR) is 105 cm³/mol. The molecule has 1 aliphatic heterocycles. The molecule has 8 heteroatoms. The summed E-state index contributed by atoms with van der Waals surface area (Å²) < 4.78 is 10.7. The molecule has 1 aromatic heterocycles. The van der Waals surface area contributed by atoms with E-state index in [-0.39, 0.29) is 5.91 Å². The average molecular weight is 377 g/mol. The molecule has 8 nitrogen and oxygen atoms in total. The molecule has 0 atom stereocenters. The lowest BCUT2D eigenvalue weighted by atomic mass is 10.3. The molecule has 0 aromatic carbocycles. The molecule has 0 aliphatic carbocycles. The highest BCUT2D eigenvalue weighted by molar-refractivity contribution is 5.80. The monoisotopic (exact) mass is 377 g/mol. The minimum absolute atomic E-state index is 0.271. The Kier molecular flexibility index (Phi) is 9.40. The Morgan fingerprint density at radius 1 is 1.37 bits per heavy atom. The van der Waals surface area contributed by atoms with Crippen LogP contribution in [0.1, 0.15) is 31.7 Å². The van der Waals surface area contributed by atoms with Gasteiger partial charge in [-0.25, -0.2) is 9.98 Å². The third-order valence-electron chi connectivity index (χ3n) is 4.20. The Labute approximate surface area is 161 Å². The van der Waals surface area contributed by atoms with Gasteiger partial charge in [0.05, 0.1) is 13.2 Å². The third kappa shape index (κ3) is 7.42. The van der Waals surface area contributed by atoms with E-state index < -0.39 is 0 Å². The summed E-state index contributed by atoms with van der Waals surface area (Å²) in [6, 6.07) is 3.84. The Bertz CT molecular complexity index is 609. The maximum atomic E-state index is 11.6. The summed E-state index contributed by atoms with van der Waals surface area (Å²) in [4.78, 5) is 22.5. The largest absolute Gasteiger partial charge is 0.475 e. The van der Waals surface area contributed by atoms with Crippen LogP contribution < -0.4 is 15.4 Å². The molecule has 2 heterocycles. The number of methoxy groups -OCH3 is 1. The van der Waals surface area contributed by atoms with Gasteiger partial charge < -0.3 is 25.0 Å². The number of carbonyl (C=O) groups excluding carboxylic acids is 1. The van der Waals surface area contributed by atoms with E-state index in [1.54, 1.807) is 13.3 Å². The zero-order valence-corrected chi connectivity index (χ0v) is 16.4. The van der Waals surface area contributed by atoms with Gasteiger partial charge in [0.1, 0.15) is 6.61 Å². The fourth-order valence-electron chi connectivity index (χ4n) is 2.82. The number of amides is 1. The number of guanidine groups is 1. The summed E-state index contributed by atoms with van der Waals surface area (Å²) in [7, 11) is 1.64. The number of pyridine rings is 1. The fourth-order valence-corrected chi connectivity index (χ4v) is 2.82.